The summed E-state index contributed by atoms with van der Waals surface area (Å²) in [7, 11) is -2.92. The van der Waals surface area contributed by atoms with Crippen LogP contribution < -0.4 is 4.72 Å². The molecule has 2 heterocycles. The van der Waals surface area contributed by atoms with Gasteiger partial charge in [0, 0.05) is 18.3 Å². The molecule has 2 aliphatic rings. The lowest BCUT2D eigenvalue weighted by molar-refractivity contribution is -0.123. The third-order valence-corrected chi connectivity index (χ3v) is 4.78. The lowest BCUT2D eigenvalue weighted by Gasteiger charge is -2.27. The minimum atomic E-state index is -2.92. The summed E-state index contributed by atoms with van der Waals surface area (Å²) in [5, 5.41) is 10.5. The predicted octanol–water partition coefficient (Wildman–Crippen LogP) is 0.341. The van der Waals surface area contributed by atoms with Crippen molar-refractivity contribution in [2.45, 2.75) is 25.0 Å². The molecule has 0 aliphatic carbocycles. The van der Waals surface area contributed by atoms with E-state index in [2.05, 4.69) is 0 Å². The van der Waals surface area contributed by atoms with Crippen molar-refractivity contribution in [1.82, 2.24) is 9.62 Å². The average molecular weight is 322 g/mol. The highest BCUT2D eigenvalue weighted by atomic mass is 32.2. The van der Waals surface area contributed by atoms with Crippen LogP contribution in [-0.2, 0) is 15.7 Å². The maximum atomic E-state index is 11.9. The first kappa shape index (κ1) is 15.1. The van der Waals surface area contributed by atoms with Crippen molar-refractivity contribution in [2.75, 3.05) is 6.54 Å². The second-order valence-electron chi connectivity index (χ2n) is 5.57. The molecule has 1 unspecified atom stereocenters. The van der Waals surface area contributed by atoms with Gasteiger partial charge in [-0.1, -0.05) is 36.4 Å². The summed E-state index contributed by atoms with van der Waals surface area (Å²) >= 11 is 0. The van der Waals surface area contributed by atoms with Gasteiger partial charge in [-0.05, 0) is 18.4 Å². The molecule has 0 spiro atoms. The molecular weight excluding hydrogens is 304 g/mol. The molecule has 1 amide bonds. The molecule has 118 valence electrons. The largest absolute Gasteiger partial charge is 0.382 e. The fourth-order valence-corrected chi connectivity index (χ4v) is 3.72. The molecule has 7 heteroatoms. The molecule has 6 nitrogen and oxygen atoms in total. The van der Waals surface area contributed by atoms with Gasteiger partial charge in [0.2, 0.25) is 16.8 Å². The molecule has 2 N–H and O–H groups in total. The number of amides is 1. The van der Waals surface area contributed by atoms with Crippen LogP contribution in [0.3, 0.4) is 0 Å². The van der Waals surface area contributed by atoms with E-state index in [-0.39, 0.29) is 12.0 Å². The molecule has 3 rings (SSSR count). The van der Waals surface area contributed by atoms with E-state index in [4.69, 9.17) is 0 Å². The van der Waals surface area contributed by atoms with Gasteiger partial charge in [-0.3, -0.25) is 9.52 Å². The van der Waals surface area contributed by atoms with Crippen molar-refractivity contribution in [2.24, 2.45) is 5.92 Å². The number of thiol groups is 1. The van der Waals surface area contributed by atoms with E-state index in [1.54, 1.807) is 0 Å². The number of hydrogen-bond donors (Lipinski definition) is 3. The van der Waals surface area contributed by atoms with Gasteiger partial charge in [-0.25, -0.2) is 8.42 Å². The van der Waals surface area contributed by atoms with Gasteiger partial charge in [0.05, 0.1) is 5.92 Å². The SMILES string of the molecule is O=C(N[SH](=O)=O)C1CCN2C([C@@H](O)c3ccccc3)=CC[C@@H]12. The zero-order valence-corrected chi connectivity index (χ0v) is 12.8. The van der Waals surface area contributed by atoms with Crippen LogP contribution in [-0.4, -0.2) is 36.9 Å². The van der Waals surface area contributed by atoms with Gasteiger partial charge < -0.3 is 10.0 Å². The van der Waals surface area contributed by atoms with E-state index in [9.17, 15) is 18.3 Å². The zero-order chi connectivity index (χ0) is 15.7. The molecule has 0 bridgehead atoms. The molecular formula is C15H18N2O4S. The topological polar surface area (TPSA) is 86.7 Å². The number of hydrogen-bond acceptors (Lipinski definition) is 5. The highest BCUT2D eigenvalue weighted by Gasteiger charge is 2.43. The summed E-state index contributed by atoms with van der Waals surface area (Å²) in [4.78, 5) is 14.0. The second-order valence-corrected chi connectivity index (χ2v) is 6.30. The Labute approximate surface area is 130 Å². The summed E-state index contributed by atoms with van der Waals surface area (Å²) in [6.07, 6.45) is 2.47. The first-order valence-corrected chi connectivity index (χ1v) is 8.40. The Hall–Kier alpha value is -1.86. The van der Waals surface area contributed by atoms with Crippen LogP contribution in [0.15, 0.2) is 42.1 Å². The van der Waals surface area contributed by atoms with E-state index >= 15 is 0 Å². The summed E-state index contributed by atoms with van der Waals surface area (Å²) in [6.45, 7) is 0.647. The second kappa shape index (κ2) is 6.10. The molecule has 0 aromatic heterocycles. The molecule has 1 aromatic rings. The van der Waals surface area contributed by atoms with Crippen molar-refractivity contribution in [3.05, 3.63) is 47.7 Å². The molecule has 1 fully saturated rings. The first-order chi connectivity index (χ1) is 10.6. The lowest BCUT2D eigenvalue weighted by Crippen LogP contribution is -2.37. The van der Waals surface area contributed by atoms with Crippen LogP contribution >= 0.6 is 0 Å². The molecule has 3 atom stereocenters. The number of benzene rings is 1. The normalized spacial score (nSPS) is 25.0. The number of aliphatic hydroxyl groups excluding tert-OH is 1. The Kier molecular flexibility index (Phi) is 4.17. The van der Waals surface area contributed by atoms with Gasteiger partial charge in [0.1, 0.15) is 6.10 Å². The fraction of sp³-hybridized carbons (Fsp3) is 0.400. The lowest BCUT2D eigenvalue weighted by atomic mass is 9.98. The first-order valence-electron chi connectivity index (χ1n) is 7.22. The number of rotatable bonds is 4. The van der Waals surface area contributed by atoms with E-state index in [0.717, 1.165) is 11.3 Å². The molecule has 1 aromatic carbocycles. The van der Waals surface area contributed by atoms with Gasteiger partial charge in [0.25, 0.3) is 0 Å². The highest BCUT2D eigenvalue weighted by Crippen LogP contribution is 2.40. The molecule has 1 saturated heterocycles. The van der Waals surface area contributed by atoms with Crippen LogP contribution in [0.4, 0.5) is 0 Å². The zero-order valence-electron chi connectivity index (χ0n) is 11.9. The van der Waals surface area contributed by atoms with E-state index in [1.165, 1.54) is 0 Å². The molecule has 2 aliphatic heterocycles. The van der Waals surface area contributed by atoms with Crippen LogP contribution in [0.25, 0.3) is 0 Å². The Bertz CT molecular complexity index is 663. The van der Waals surface area contributed by atoms with E-state index < -0.39 is 22.9 Å². The standard InChI is InChI=1S/C15H18N2O4S/c18-14(10-4-2-1-3-5-10)13-7-6-12-11(8-9-17(12)13)15(19)16-22(20)21/h1-5,7,11-12,14,18,22H,6,8-9H2,(H,16,19,20,21)/t11?,12-,14-/m0/s1. The van der Waals surface area contributed by atoms with Crippen molar-refractivity contribution in [3.63, 3.8) is 0 Å². The van der Waals surface area contributed by atoms with Gasteiger partial charge in [0.15, 0.2) is 0 Å². The maximum absolute atomic E-state index is 11.9. The summed E-state index contributed by atoms with van der Waals surface area (Å²) < 4.78 is 23.3. The third-order valence-electron chi connectivity index (χ3n) is 4.38. The summed E-state index contributed by atoms with van der Waals surface area (Å²) in [5.74, 6) is -0.808. The van der Waals surface area contributed by atoms with Crippen LogP contribution in [0.5, 0.6) is 0 Å². The third kappa shape index (κ3) is 2.74. The monoisotopic (exact) mass is 322 g/mol. The van der Waals surface area contributed by atoms with E-state index in [1.807, 2.05) is 46.0 Å². The number of carbonyl (C=O) groups is 1. The smallest absolute Gasteiger partial charge is 0.238 e. The number of nitrogens with one attached hydrogen (secondary N) is 1. The van der Waals surface area contributed by atoms with Crippen molar-refractivity contribution in [1.29, 1.82) is 0 Å². The number of nitrogens with zero attached hydrogens (tertiary/aromatic N) is 1. The highest BCUT2D eigenvalue weighted by molar-refractivity contribution is 7.71. The number of carbonyl (C=O) groups excluding carboxylic acids is 1. The van der Waals surface area contributed by atoms with Crippen molar-refractivity contribution >= 4 is 16.8 Å². The van der Waals surface area contributed by atoms with Gasteiger partial charge in [-0.15, -0.1) is 0 Å². The minimum absolute atomic E-state index is 0.0664. The van der Waals surface area contributed by atoms with Crippen LogP contribution in [0.1, 0.15) is 24.5 Å². The Morgan fingerprint density at radius 2 is 2.05 bits per heavy atom. The van der Waals surface area contributed by atoms with Crippen LogP contribution in [0.2, 0.25) is 0 Å². The Balaban J connectivity index is 1.73. The molecule has 0 radical (unpaired) electrons. The predicted molar refractivity (Wildman–Crippen MR) is 81.2 cm³/mol. The Morgan fingerprint density at radius 3 is 2.73 bits per heavy atom. The number of fused-ring (bicyclic) bond motifs is 1. The van der Waals surface area contributed by atoms with Crippen LogP contribution in [0, 0.1) is 5.92 Å². The molecule has 22 heavy (non-hydrogen) atoms. The minimum Gasteiger partial charge on any atom is -0.382 e. The summed E-state index contributed by atoms with van der Waals surface area (Å²) in [5.41, 5.74) is 1.61. The van der Waals surface area contributed by atoms with Gasteiger partial charge >= 0.3 is 0 Å². The number of aliphatic hydroxyl groups is 1. The summed E-state index contributed by atoms with van der Waals surface area (Å²) in [6, 6.07) is 9.29. The molecule has 0 saturated carbocycles. The van der Waals surface area contributed by atoms with Crippen molar-refractivity contribution in [3.8, 4) is 0 Å². The quantitative estimate of drug-likeness (QED) is 0.696. The van der Waals surface area contributed by atoms with Crippen molar-refractivity contribution < 1.29 is 18.3 Å². The van der Waals surface area contributed by atoms with E-state index in [0.29, 0.717) is 19.4 Å². The fourth-order valence-electron chi connectivity index (χ4n) is 3.38. The van der Waals surface area contributed by atoms with Gasteiger partial charge in [-0.2, -0.15) is 0 Å². The maximum Gasteiger partial charge on any atom is 0.238 e. The Morgan fingerprint density at radius 1 is 1.32 bits per heavy atom. The average Bonchev–Trinajstić information content (AvgIpc) is 3.08.